The van der Waals surface area contributed by atoms with Gasteiger partial charge in [0.05, 0.1) is 5.60 Å². The zero-order valence-corrected chi connectivity index (χ0v) is 11.4. The van der Waals surface area contributed by atoms with Crippen molar-refractivity contribution in [1.29, 1.82) is 0 Å². The third-order valence-electron chi connectivity index (χ3n) is 3.27. The van der Waals surface area contributed by atoms with Gasteiger partial charge in [0, 0.05) is 6.04 Å². The largest absolute Gasteiger partial charge is 0.390 e. The molecule has 0 saturated carbocycles. The topological polar surface area (TPSA) is 23.5 Å². The van der Waals surface area contributed by atoms with Gasteiger partial charge in [-0.3, -0.25) is 0 Å². The van der Waals surface area contributed by atoms with Gasteiger partial charge in [0.15, 0.2) is 0 Å². The van der Waals surface area contributed by atoms with Crippen LogP contribution in [0.25, 0.3) is 0 Å². The lowest BCUT2D eigenvalue weighted by Gasteiger charge is -2.36. The molecule has 2 heteroatoms. The van der Waals surface area contributed by atoms with Crippen molar-refractivity contribution in [2.24, 2.45) is 5.92 Å². The molecule has 0 spiro atoms. The second-order valence-electron chi connectivity index (χ2n) is 5.34. The van der Waals surface area contributed by atoms with Crippen molar-refractivity contribution in [1.82, 2.24) is 4.90 Å². The highest BCUT2D eigenvalue weighted by molar-refractivity contribution is 4.82. The Kier molecular flexibility index (Phi) is 6.46. The fourth-order valence-corrected chi connectivity index (χ4v) is 2.23. The van der Waals surface area contributed by atoms with Crippen LogP contribution in [0.4, 0.5) is 0 Å². The van der Waals surface area contributed by atoms with Gasteiger partial charge in [-0.1, -0.05) is 34.1 Å². The Morgan fingerprint density at radius 1 is 1.27 bits per heavy atom. The van der Waals surface area contributed by atoms with Crippen LogP contribution < -0.4 is 0 Å². The summed E-state index contributed by atoms with van der Waals surface area (Å²) >= 11 is 0. The van der Waals surface area contributed by atoms with Crippen LogP contribution in [-0.2, 0) is 0 Å². The minimum atomic E-state index is -0.507. The smallest absolute Gasteiger partial charge is 0.0634 e. The minimum absolute atomic E-state index is 0.483. The molecule has 0 aliphatic carbocycles. The van der Waals surface area contributed by atoms with Crippen molar-refractivity contribution in [2.45, 2.75) is 65.5 Å². The molecule has 0 aromatic rings. The normalized spacial score (nSPS) is 18.2. The van der Waals surface area contributed by atoms with E-state index in [2.05, 4.69) is 39.6 Å². The van der Waals surface area contributed by atoms with Crippen molar-refractivity contribution in [2.75, 3.05) is 13.6 Å². The molecular formula is C13H29NO. The third-order valence-corrected chi connectivity index (χ3v) is 3.27. The Balaban J connectivity index is 4.40. The molecule has 92 valence electrons. The van der Waals surface area contributed by atoms with Crippen molar-refractivity contribution < 1.29 is 5.11 Å². The van der Waals surface area contributed by atoms with E-state index in [-0.39, 0.29) is 0 Å². The Bertz CT molecular complexity index is 166. The van der Waals surface area contributed by atoms with E-state index in [0.717, 1.165) is 25.8 Å². The highest BCUT2D eigenvalue weighted by atomic mass is 16.3. The lowest BCUT2D eigenvalue weighted by atomic mass is 9.87. The summed E-state index contributed by atoms with van der Waals surface area (Å²) in [4.78, 5) is 2.34. The lowest BCUT2D eigenvalue weighted by Crippen LogP contribution is -2.42. The molecule has 1 N–H and O–H groups in total. The fourth-order valence-electron chi connectivity index (χ4n) is 2.23. The number of aliphatic hydroxyl groups is 1. The predicted octanol–water partition coefficient (Wildman–Crippen LogP) is 2.90. The Morgan fingerprint density at radius 3 is 2.13 bits per heavy atom. The molecule has 0 fully saturated rings. The van der Waals surface area contributed by atoms with E-state index >= 15 is 0 Å². The maximum absolute atomic E-state index is 10.3. The standard InChI is InChI=1S/C13H29NO/c1-7-9-13(5,15)10-12(11(3)4)14(6)8-2/h11-12,15H,7-10H2,1-6H3. The summed E-state index contributed by atoms with van der Waals surface area (Å²) in [5, 5.41) is 10.3. The van der Waals surface area contributed by atoms with Gasteiger partial charge in [-0.2, -0.15) is 0 Å². The van der Waals surface area contributed by atoms with Crippen LogP contribution in [0.15, 0.2) is 0 Å². The maximum atomic E-state index is 10.3. The molecular weight excluding hydrogens is 186 g/mol. The first kappa shape index (κ1) is 14.9. The molecule has 15 heavy (non-hydrogen) atoms. The van der Waals surface area contributed by atoms with Crippen LogP contribution in [-0.4, -0.2) is 35.2 Å². The van der Waals surface area contributed by atoms with Crippen LogP contribution in [0.2, 0.25) is 0 Å². The zero-order valence-electron chi connectivity index (χ0n) is 11.4. The van der Waals surface area contributed by atoms with Crippen LogP contribution >= 0.6 is 0 Å². The summed E-state index contributed by atoms with van der Waals surface area (Å²) in [5.41, 5.74) is -0.507. The first-order valence-electron chi connectivity index (χ1n) is 6.26. The third kappa shape index (κ3) is 5.53. The number of rotatable bonds is 7. The molecule has 0 aromatic carbocycles. The molecule has 0 saturated heterocycles. The molecule has 0 radical (unpaired) electrons. The van der Waals surface area contributed by atoms with Crippen molar-refractivity contribution in [3.8, 4) is 0 Å². The van der Waals surface area contributed by atoms with Gasteiger partial charge in [-0.15, -0.1) is 0 Å². The van der Waals surface area contributed by atoms with E-state index in [1.54, 1.807) is 0 Å². The number of hydrogen-bond donors (Lipinski definition) is 1. The molecule has 0 rings (SSSR count). The zero-order chi connectivity index (χ0) is 12.1. The van der Waals surface area contributed by atoms with Crippen LogP contribution in [0.5, 0.6) is 0 Å². The SMILES string of the molecule is CCCC(C)(O)CC(C(C)C)N(C)CC. The molecule has 0 heterocycles. The number of hydrogen-bond acceptors (Lipinski definition) is 2. The van der Waals surface area contributed by atoms with Crippen molar-refractivity contribution in [3.63, 3.8) is 0 Å². The second kappa shape index (κ2) is 6.49. The average molecular weight is 215 g/mol. The monoisotopic (exact) mass is 215 g/mol. The summed E-state index contributed by atoms with van der Waals surface area (Å²) in [6.45, 7) is 11.8. The van der Waals surface area contributed by atoms with Crippen molar-refractivity contribution in [3.05, 3.63) is 0 Å². The Labute approximate surface area is 95.7 Å². The van der Waals surface area contributed by atoms with Crippen LogP contribution in [0.3, 0.4) is 0 Å². The van der Waals surface area contributed by atoms with Gasteiger partial charge in [0.25, 0.3) is 0 Å². The van der Waals surface area contributed by atoms with Gasteiger partial charge in [0.1, 0.15) is 0 Å². The summed E-state index contributed by atoms with van der Waals surface area (Å²) in [6, 6.07) is 0.483. The Hall–Kier alpha value is -0.0800. The predicted molar refractivity (Wildman–Crippen MR) is 67.1 cm³/mol. The van der Waals surface area contributed by atoms with E-state index in [9.17, 15) is 5.11 Å². The summed E-state index contributed by atoms with van der Waals surface area (Å²) < 4.78 is 0. The van der Waals surface area contributed by atoms with E-state index in [4.69, 9.17) is 0 Å². The van der Waals surface area contributed by atoms with E-state index in [1.165, 1.54) is 0 Å². The summed E-state index contributed by atoms with van der Waals surface area (Å²) in [7, 11) is 2.15. The lowest BCUT2D eigenvalue weighted by molar-refractivity contribution is 0.00552. The van der Waals surface area contributed by atoms with Crippen LogP contribution in [0, 0.1) is 5.92 Å². The van der Waals surface area contributed by atoms with Crippen LogP contribution in [0.1, 0.15) is 53.9 Å². The van der Waals surface area contributed by atoms with Gasteiger partial charge >= 0.3 is 0 Å². The molecule has 0 bridgehead atoms. The highest BCUT2D eigenvalue weighted by Gasteiger charge is 2.28. The van der Waals surface area contributed by atoms with Gasteiger partial charge in [-0.05, 0) is 39.3 Å². The minimum Gasteiger partial charge on any atom is -0.390 e. The Morgan fingerprint density at radius 2 is 1.80 bits per heavy atom. The van der Waals surface area contributed by atoms with E-state index in [1.807, 2.05) is 6.92 Å². The van der Waals surface area contributed by atoms with E-state index < -0.39 is 5.60 Å². The second-order valence-corrected chi connectivity index (χ2v) is 5.34. The summed E-state index contributed by atoms with van der Waals surface area (Å²) in [6.07, 6.45) is 2.82. The molecule has 2 atom stereocenters. The first-order valence-corrected chi connectivity index (χ1v) is 6.26. The highest BCUT2D eigenvalue weighted by Crippen LogP contribution is 2.24. The van der Waals surface area contributed by atoms with Gasteiger partial charge in [0.2, 0.25) is 0 Å². The molecule has 0 aliphatic rings. The van der Waals surface area contributed by atoms with Gasteiger partial charge < -0.3 is 10.0 Å². The quantitative estimate of drug-likeness (QED) is 0.706. The molecule has 0 aromatic heterocycles. The van der Waals surface area contributed by atoms with Crippen molar-refractivity contribution >= 4 is 0 Å². The maximum Gasteiger partial charge on any atom is 0.0634 e. The molecule has 0 aliphatic heterocycles. The van der Waals surface area contributed by atoms with E-state index in [0.29, 0.717) is 12.0 Å². The first-order chi connectivity index (χ1) is 6.84. The average Bonchev–Trinajstić information content (AvgIpc) is 2.12. The molecule has 0 amide bonds. The number of nitrogens with zero attached hydrogens (tertiary/aromatic N) is 1. The molecule has 2 nitrogen and oxygen atoms in total. The fraction of sp³-hybridized carbons (Fsp3) is 1.00. The summed E-state index contributed by atoms with van der Waals surface area (Å²) in [5.74, 6) is 0.596. The van der Waals surface area contributed by atoms with Gasteiger partial charge in [-0.25, -0.2) is 0 Å². The molecule has 2 unspecified atom stereocenters.